The van der Waals surface area contributed by atoms with Crippen molar-refractivity contribution in [2.45, 2.75) is 18.8 Å². The molecule has 0 fully saturated rings. The molecule has 0 saturated carbocycles. The predicted molar refractivity (Wildman–Crippen MR) is 81.2 cm³/mol. The third-order valence-corrected chi connectivity index (χ3v) is 4.54. The molecule has 2 rings (SSSR count). The fraction of sp³-hybridized carbons (Fsp3) is 0.400. The van der Waals surface area contributed by atoms with Gasteiger partial charge in [-0.05, 0) is 18.6 Å². The third-order valence-electron chi connectivity index (χ3n) is 3.52. The van der Waals surface area contributed by atoms with E-state index in [4.69, 9.17) is 23.2 Å². The Hall–Kier alpha value is -0.990. The Morgan fingerprint density at radius 2 is 1.79 bits per heavy atom. The highest BCUT2D eigenvalue weighted by atomic mass is 35.5. The Morgan fingerprint density at radius 1 is 1.16 bits per heavy atom. The monoisotopic (exact) mass is 296 g/mol. The molecule has 0 amide bonds. The number of alkyl halides is 2. The molecule has 0 spiro atoms. The lowest BCUT2D eigenvalue weighted by Crippen LogP contribution is -2.34. The van der Waals surface area contributed by atoms with Crippen LogP contribution < -0.4 is 0 Å². The molecule has 0 bridgehead atoms. The van der Waals surface area contributed by atoms with Crippen molar-refractivity contribution in [1.29, 1.82) is 0 Å². The summed E-state index contributed by atoms with van der Waals surface area (Å²) >= 11 is 12.5. The average Bonchev–Trinajstić information content (AvgIpc) is 2.75. The van der Waals surface area contributed by atoms with E-state index in [-0.39, 0.29) is 5.41 Å². The summed E-state index contributed by atoms with van der Waals surface area (Å²) < 4.78 is 1.91. The van der Waals surface area contributed by atoms with E-state index in [0.29, 0.717) is 11.8 Å². The summed E-state index contributed by atoms with van der Waals surface area (Å²) in [6.45, 7) is 2.00. The van der Waals surface area contributed by atoms with E-state index < -0.39 is 0 Å². The van der Waals surface area contributed by atoms with Crippen molar-refractivity contribution < 1.29 is 0 Å². The number of hydrogen-bond donors (Lipinski definition) is 0. The van der Waals surface area contributed by atoms with Crippen LogP contribution in [0.25, 0.3) is 0 Å². The van der Waals surface area contributed by atoms with Gasteiger partial charge >= 0.3 is 0 Å². The molecule has 1 heterocycles. The normalized spacial score (nSPS) is 11.8. The Bertz CT molecular complexity index is 530. The number of halogens is 2. The van der Waals surface area contributed by atoms with Crippen LogP contribution in [0.4, 0.5) is 0 Å². The highest BCUT2D eigenvalue weighted by molar-refractivity contribution is 6.22. The van der Waals surface area contributed by atoms with Gasteiger partial charge in [-0.1, -0.05) is 30.3 Å². The summed E-state index contributed by atoms with van der Waals surface area (Å²) in [6, 6.07) is 12.3. The molecule has 0 aliphatic heterocycles. The van der Waals surface area contributed by atoms with Gasteiger partial charge in [-0.15, -0.1) is 23.2 Å². The van der Waals surface area contributed by atoms with Crippen LogP contribution >= 0.6 is 23.2 Å². The standard InChI is InChI=1S/C15H18Cl2N2/c1-12-8-14(19(2)18-12)9-15(10-16,11-17)13-6-4-3-5-7-13/h3-8H,9-11H2,1-2H3. The summed E-state index contributed by atoms with van der Waals surface area (Å²) in [6.07, 6.45) is 0.793. The summed E-state index contributed by atoms with van der Waals surface area (Å²) in [7, 11) is 1.96. The number of aromatic nitrogens is 2. The second kappa shape index (κ2) is 5.98. The molecule has 4 heteroatoms. The van der Waals surface area contributed by atoms with Crippen LogP contribution in [0.2, 0.25) is 0 Å². The van der Waals surface area contributed by atoms with Gasteiger partial charge in [0.2, 0.25) is 0 Å². The molecule has 0 aliphatic carbocycles. The van der Waals surface area contributed by atoms with Gasteiger partial charge in [0.05, 0.1) is 5.69 Å². The van der Waals surface area contributed by atoms with Gasteiger partial charge in [-0.2, -0.15) is 5.10 Å². The summed E-state index contributed by atoms with van der Waals surface area (Å²) in [5, 5.41) is 4.39. The van der Waals surface area contributed by atoms with E-state index in [9.17, 15) is 0 Å². The predicted octanol–water partition coefficient (Wildman–Crippen LogP) is 3.69. The number of hydrogen-bond acceptors (Lipinski definition) is 1. The van der Waals surface area contributed by atoms with Crippen LogP contribution in [0.15, 0.2) is 36.4 Å². The van der Waals surface area contributed by atoms with E-state index in [0.717, 1.165) is 17.8 Å². The molecule has 19 heavy (non-hydrogen) atoms. The van der Waals surface area contributed by atoms with Crippen LogP contribution in [0, 0.1) is 6.92 Å². The smallest absolute Gasteiger partial charge is 0.0596 e. The second-order valence-corrected chi connectivity index (χ2v) is 5.53. The maximum Gasteiger partial charge on any atom is 0.0596 e. The van der Waals surface area contributed by atoms with Crippen LogP contribution in [0.5, 0.6) is 0 Å². The Labute approximate surface area is 124 Å². The van der Waals surface area contributed by atoms with Crippen molar-refractivity contribution >= 4 is 23.2 Å². The molecular formula is C15H18Cl2N2. The average molecular weight is 297 g/mol. The first-order valence-corrected chi connectivity index (χ1v) is 7.35. The molecule has 2 nitrogen and oxygen atoms in total. The van der Waals surface area contributed by atoms with Crippen LogP contribution in [-0.4, -0.2) is 21.5 Å². The lowest BCUT2D eigenvalue weighted by atomic mass is 9.80. The van der Waals surface area contributed by atoms with E-state index in [1.54, 1.807) is 0 Å². The number of benzene rings is 1. The number of rotatable bonds is 5. The Kier molecular flexibility index (Phi) is 4.54. The molecule has 102 valence electrons. The van der Waals surface area contributed by atoms with Crippen molar-refractivity contribution in [3.05, 3.63) is 53.3 Å². The quantitative estimate of drug-likeness (QED) is 0.770. The first-order valence-electron chi connectivity index (χ1n) is 6.28. The Morgan fingerprint density at radius 3 is 2.26 bits per heavy atom. The molecule has 0 radical (unpaired) electrons. The van der Waals surface area contributed by atoms with Crippen LogP contribution in [-0.2, 0) is 18.9 Å². The van der Waals surface area contributed by atoms with Gasteiger partial charge in [0, 0.05) is 36.3 Å². The molecule has 1 aromatic carbocycles. The van der Waals surface area contributed by atoms with E-state index >= 15 is 0 Å². The van der Waals surface area contributed by atoms with Crippen molar-refractivity contribution in [2.75, 3.05) is 11.8 Å². The fourth-order valence-electron chi connectivity index (χ4n) is 2.35. The van der Waals surface area contributed by atoms with Crippen LogP contribution in [0.3, 0.4) is 0 Å². The van der Waals surface area contributed by atoms with Crippen molar-refractivity contribution in [2.24, 2.45) is 7.05 Å². The molecule has 0 N–H and O–H groups in total. The summed E-state index contributed by atoms with van der Waals surface area (Å²) in [4.78, 5) is 0. The van der Waals surface area contributed by atoms with Gasteiger partial charge in [-0.25, -0.2) is 0 Å². The zero-order chi connectivity index (χ0) is 13.9. The van der Waals surface area contributed by atoms with E-state index in [2.05, 4.69) is 23.3 Å². The molecule has 1 aromatic heterocycles. The first kappa shape index (κ1) is 14.4. The minimum Gasteiger partial charge on any atom is -0.272 e. The lowest BCUT2D eigenvalue weighted by Gasteiger charge is -2.30. The lowest BCUT2D eigenvalue weighted by molar-refractivity contribution is 0.511. The summed E-state index contributed by atoms with van der Waals surface area (Å²) in [5.41, 5.74) is 3.11. The Balaban J connectivity index is 2.38. The topological polar surface area (TPSA) is 17.8 Å². The number of nitrogens with zero attached hydrogens (tertiary/aromatic N) is 2. The maximum absolute atomic E-state index is 6.25. The van der Waals surface area contributed by atoms with Crippen molar-refractivity contribution in [1.82, 2.24) is 9.78 Å². The van der Waals surface area contributed by atoms with Gasteiger partial charge in [0.1, 0.15) is 0 Å². The highest BCUT2D eigenvalue weighted by Gasteiger charge is 2.32. The molecule has 0 aliphatic rings. The SMILES string of the molecule is Cc1cc(CC(CCl)(CCl)c2ccccc2)n(C)n1. The first-order chi connectivity index (χ1) is 9.11. The van der Waals surface area contributed by atoms with E-state index in [1.807, 2.05) is 36.9 Å². The molecule has 0 saturated heterocycles. The summed E-state index contributed by atoms with van der Waals surface area (Å²) in [5.74, 6) is 0.982. The number of aryl methyl sites for hydroxylation is 2. The van der Waals surface area contributed by atoms with Crippen LogP contribution in [0.1, 0.15) is 17.0 Å². The van der Waals surface area contributed by atoms with Gasteiger partial charge in [0.25, 0.3) is 0 Å². The molecule has 0 unspecified atom stereocenters. The minimum absolute atomic E-state index is 0.245. The molecule has 0 atom stereocenters. The van der Waals surface area contributed by atoms with Gasteiger partial charge in [0.15, 0.2) is 0 Å². The fourth-order valence-corrected chi connectivity index (χ4v) is 3.14. The van der Waals surface area contributed by atoms with E-state index in [1.165, 1.54) is 5.56 Å². The van der Waals surface area contributed by atoms with Gasteiger partial charge in [-0.3, -0.25) is 4.68 Å². The zero-order valence-electron chi connectivity index (χ0n) is 11.2. The zero-order valence-corrected chi connectivity index (χ0v) is 12.7. The largest absolute Gasteiger partial charge is 0.272 e. The van der Waals surface area contributed by atoms with Crippen molar-refractivity contribution in [3.8, 4) is 0 Å². The second-order valence-electron chi connectivity index (χ2n) is 4.99. The van der Waals surface area contributed by atoms with Gasteiger partial charge < -0.3 is 0 Å². The minimum atomic E-state index is -0.245. The highest BCUT2D eigenvalue weighted by Crippen LogP contribution is 2.31. The maximum atomic E-state index is 6.25. The van der Waals surface area contributed by atoms with Crippen molar-refractivity contribution in [3.63, 3.8) is 0 Å². The molecule has 2 aromatic rings. The third kappa shape index (κ3) is 2.96. The molecular weight excluding hydrogens is 279 g/mol.